The summed E-state index contributed by atoms with van der Waals surface area (Å²) in [5.74, 6) is 0.321. The average Bonchev–Trinajstić information content (AvgIpc) is 2.38. The molecule has 0 aliphatic carbocycles. The van der Waals surface area contributed by atoms with Crippen molar-refractivity contribution in [3.63, 3.8) is 0 Å². The molecule has 1 aromatic carbocycles. The highest BCUT2D eigenvalue weighted by molar-refractivity contribution is 5.67. The molecule has 0 bridgehead atoms. The summed E-state index contributed by atoms with van der Waals surface area (Å²) >= 11 is 0. The van der Waals surface area contributed by atoms with Crippen molar-refractivity contribution in [1.82, 2.24) is 0 Å². The fourth-order valence-electron chi connectivity index (χ4n) is 2.31. The van der Waals surface area contributed by atoms with Gasteiger partial charge in [-0.25, -0.2) is 0 Å². The minimum atomic E-state index is -0.791. The first-order valence-electron chi connectivity index (χ1n) is 6.72. The van der Waals surface area contributed by atoms with E-state index in [1.165, 1.54) is 0 Å². The van der Waals surface area contributed by atoms with Gasteiger partial charge >= 0.3 is 5.97 Å². The van der Waals surface area contributed by atoms with E-state index < -0.39 is 5.97 Å². The molecule has 0 amide bonds. The highest BCUT2D eigenvalue weighted by atomic mass is 16.5. The van der Waals surface area contributed by atoms with E-state index in [1.807, 2.05) is 31.2 Å². The second-order valence-corrected chi connectivity index (χ2v) is 4.81. The van der Waals surface area contributed by atoms with Crippen molar-refractivity contribution in [1.29, 1.82) is 0 Å². The van der Waals surface area contributed by atoms with Gasteiger partial charge in [-0.2, -0.15) is 0 Å². The Bertz CT molecular complexity index is 406. The first kappa shape index (κ1) is 15.5. The molecule has 0 spiro atoms. The maximum absolute atomic E-state index is 10.8. The average molecular weight is 265 g/mol. The molecule has 0 saturated heterocycles. The third-order valence-electron chi connectivity index (χ3n) is 3.23. The minimum Gasteiger partial charge on any atom is -0.494 e. The Labute approximate surface area is 114 Å². The van der Waals surface area contributed by atoms with E-state index in [1.54, 1.807) is 0 Å². The third-order valence-corrected chi connectivity index (χ3v) is 3.23. The quantitative estimate of drug-likeness (QED) is 0.758. The molecule has 0 fully saturated rings. The van der Waals surface area contributed by atoms with E-state index in [9.17, 15) is 4.79 Å². The first-order chi connectivity index (χ1) is 9.08. The fraction of sp³-hybridized carbons (Fsp3) is 0.533. The van der Waals surface area contributed by atoms with E-state index in [-0.39, 0.29) is 18.3 Å². The highest BCUT2D eigenvalue weighted by Gasteiger charge is 2.18. The topological polar surface area (TPSA) is 72.5 Å². The number of para-hydroxylation sites is 1. The Kier molecular flexibility index (Phi) is 6.36. The molecule has 19 heavy (non-hydrogen) atoms. The van der Waals surface area contributed by atoms with Crippen LogP contribution in [0.25, 0.3) is 0 Å². The lowest BCUT2D eigenvalue weighted by atomic mass is 9.88. The zero-order valence-electron chi connectivity index (χ0n) is 11.6. The molecule has 2 unspecified atom stereocenters. The van der Waals surface area contributed by atoms with Crippen LogP contribution in [-0.4, -0.2) is 24.2 Å². The van der Waals surface area contributed by atoms with Gasteiger partial charge in [-0.15, -0.1) is 0 Å². The number of ether oxygens (including phenoxy) is 1. The molecule has 0 saturated carbocycles. The zero-order chi connectivity index (χ0) is 14.3. The van der Waals surface area contributed by atoms with Crippen molar-refractivity contribution in [3.05, 3.63) is 29.8 Å². The Morgan fingerprint density at radius 3 is 2.68 bits per heavy atom. The minimum absolute atomic E-state index is 0.00202. The van der Waals surface area contributed by atoms with Crippen molar-refractivity contribution in [2.75, 3.05) is 13.2 Å². The van der Waals surface area contributed by atoms with Crippen LogP contribution in [0.5, 0.6) is 5.75 Å². The smallest absolute Gasteiger partial charge is 0.303 e. The monoisotopic (exact) mass is 265 g/mol. The number of aliphatic carboxylic acids is 1. The molecule has 0 radical (unpaired) electrons. The standard InChI is InChI=1S/C15H23NO3/c1-3-19-14-7-5-4-6-13(14)11(2)8-12(10-16)9-15(17)18/h4-7,11-12H,3,8-10,16H2,1-2H3,(H,17,18). The second-order valence-electron chi connectivity index (χ2n) is 4.81. The SMILES string of the molecule is CCOc1ccccc1C(C)CC(CN)CC(=O)O. The molecular weight excluding hydrogens is 242 g/mol. The summed E-state index contributed by atoms with van der Waals surface area (Å²) in [5.41, 5.74) is 6.77. The van der Waals surface area contributed by atoms with Gasteiger partial charge in [-0.05, 0) is 43.4 Å². The fourth-order valence-corrected chi connectivity index (χ4v) is 2.31. The van der Waals surface area contributed by atoms with Gasteiger partial charge in [0.2, 0.25) is 0 Å². The molecule has 1 aromatic rings. The van der Waals surface area contributed by atoms with Gasteiger partial charge in [0, 0.05) is 6.42 Å². The lowest BCUT2D eigenvalue weighted by Gasteiger charge is -2.20. The molecule has 4 heteroatoms. The molecule has 0 aromatic heterocycles. The van der Waals surface area contributed by atoms with Gasteiger partial charge in [0.25, 0.3) is 0 Å². The van der Waals surface area contributed by atoms with Crippen molar-refractivity contribution >= 4 is 5.97 Å². The van der Waals surface area contributed by atoms with Crippen molar-refractivity contribution in [2.24, 2.45) is 11.7 Å². The van der Waals surface area contributed by atoms with Gasteiger partial charge in [0.1, 0.15) is 5.75 Å². The number of nitrogens with two attached hydrogens (primary N) is 1. The third kappa shape index (κ3) is 4.91. The summed E-state index contributed by atoms with van der Waals surface area (Å²) in [6.07, 6.45) is 0.879. The summed E-state index contributed by atoms with van der Waals surface area (Å²) in [6, 6.07) is 7.90. The lowest BCUT2D eigenvalue weighted by Crippen LogP contribution is -2.20. The van der Waals surface area contributed by atoms with Crippen LogP contribution >= 0.6 is 0 Å². The van der Waals surface area contributed by atoms with E-state index in [0.29, 0.717) is 13.2 Å². The predicted octanol–water partition coefficient (Wildman–Crippen LogP) is 2.63. The van der Waals surface area contributed by atoms with Crippen molar-refractivity contribution < 1.29 is 14.6 Å². The number of hydrogen-bond donors (Lipinski definition) is 2. The molecular formula is C15H23NO3. The van der Waals surface area contributed by atoms with Crippen LogP contribution in [-0.2, 0) is 4.79 Å². The van der Waals surface area contributed by atoms with Crippen LogP contribution in [0.4, 0.5) is 0 Å². The van der Waals surface area contributed by atoms with Crippen molar-refractivity contribution in [3.8, 4) is 5.75 Å². The van der Waals surface area contributed by atoms with Gasteiger partial charge in [0.15, 0.2) is 0 Å². The molecule has 1 rings (SSSR count). The molecule has 0 heterocycles. The summed E-state index contributed by atoms with van der Waals surface area (Å²) in [7, 11) is 0. The molecule has 3 N–H and O–H groups in total. The molecule has 0 aliphatic heterocycles. The maximum Gasteiger partial charge on any atom is 0.303 e. The predicted molar refractivity (Wildman–Crippen MR) is 75.4 cm³/mol. The first-order valence-corrected chi connectivity index (χ1v) is 6.72. The van der Waals surface area contributed by atoms with E-state index in [0.717, 1.165) is 17.7 Å². The number of carbonyl (C=O) groups is 1. The van der Waals surface area contributed by atoms with Gasteiger partial charge in [-0.3, -0.25) is 4.79 Å². The van der Waals surface area contributed by atoms with E-state index in [2.05, 4.69) is 6.92 Å². The van der Waals surface area contributed by atoms with Crippen molar-refractivity contribution in [2.45, 2.75) is 32.6 Å². The number of carboxylic acid groups (broad SMARTS) is 1. The van der Waals surface area contributed by atoms with Gasteiger partial charge in [-0.1, -0.05) is 25.1 Å². The highest BCUT2D eigenvalue weighted by Crippen LogP contribution is 2.31. The number of carboxylic acids is 1. The normalized spacial score (nSPS) is 13.8. The Hall–Kier alpha value is -1.55. The molecule has 4 nitrogen and oxygen atoms in total. The number of benzene rings is 1. The van der Waals surface area contributed by atoms with E-state index >= 15 is 0 Å². The Morgan fingerprint density at radius 2 is 2.11 bits per heavy atom. The second kappa shape index (κ2) is 7.79. The Balaban J connectivity index is 2.76. The number of hydrogen-bond acceptors (Lipinski definition) is 3. The van der Waals surface area contributed by atoms with Crippen LogP contribution in [0.1, 0.15) is 38.2 Å². The zero-order valence-corrected chi connectivity index (χ0v) is 11.6. The Morgan fingerprint density at radius 1 is 1.42 bits per heavy atom. The van der Waals surface area contributed by atoms with Gasteiger partial charge in [0.05, 0.1) is 6.61 Å². The lowest BCUT2D eigenvalue weighted by molar-refractivity contribution is -0.138. The van der Waals surface area contributed by atoms with Crippen LogP contribution < -0.4 is 10.5 Å². The largest absolute Gasteiger partial charge is 0.494 e. The molecule has 106 valence electrons. The van der Waals surface area contributed by atoms with Gasteiger partial charge < -0.3 is 15.6 Å². The van der Waals surface area contributed by atoms with E-state index in [4.69, 9.17) is 15.6 Å². The van der Waals surface area contributed by atoms with Crippen LogP contribution in [0.3, 0.4) is 0 Å². The summed E-state index contributed by atoms with van der Waals surface area (Å²) in [4.78, 5) is 10.8. The molecule has 0 aliphatic rings. The summed E-state index contributed by atoms with van der Waals surface area (Å²) in [5, 5.41) is 8.86. The number of rotatable bonds is 8. The molecule has 2 atom stereocenters. The summed E-state index contributed by atoms with van der Waals surface area (Å²) < 4.78 is 5.61. The van der Waals surface area contributed by atoms with Crippen LogP contribution in [0, 0.1) is 5.92 Å². The summed E-state index contributed by atoms with van der Waals surface area (Å²) in [6.45, 7) is 5.06. The van der Waals surface area contributed by atoms with Crippen LogP contribution in [0.2, 0.25) is 0 Å². The van der Waals surface area contributed by atoms with Crippen LogP contribution in [0.15, 0.2) is 24.3 Å². The maximum atomic E-state index is 10.8.